The molecule has 0 N–H and O–H groups in total. The summed E-state index contributed by atoms with van der Waals surface area (Å²) in [7, 11) is 0. The van der Waals surface area contributed by atoms with Crippen LogP contribution in [0.3, 0.4) is 0 Å². The number of carbonyl (C=O) groups is 1. The number of thioether (sulfide) groups is 1. The van der Waals surface area contributed by atoms with Crippen LogP contribution < -0.4 is 0 Å². The molecule has 1 aliphatic carbocycles. The molecule has 1 amide bonds. The van der Waals surface area contributed by atoms with Crippen molar-refractivity contribution in [2.75, 3.05) is 18.8 Å². The van der Waals surface area contributed by atoms with Crippen LogP contribution in [-0.4, -0.2) is 40.1 Å². The largest absolute Gasteiger partial charge is 0.340 e. The lowest BCUT2D eigenvalue weighted by atomic mass is 10.0. The summed E-state index contributed by atoms with van der Waals surface area (Å²) in [4.78, 5) is 14.3. The molecule has 1 aliphatic heterocycles. The number of hydrogen-bond donors (Lipinski definition) is 1. The molecule has 2 rings (SSSR count). The Balaban J connectivity index is 1.89. The fourth-order valence-corrected chi connectivity index (χ4v) is 4.13. The number of nitrogens with zero attached hydrogens (tertiary/aromatic N) is 1. The average molecular weight is 259 g/mol. The second-order valence-corrected chi connectivity index (χ2v) is 7.59. The van der Waals surface area contributed by atoms with Gasteiger partial charge in [-0.05, 0) is 24.0 Å². The lowest BCUT2D eigenvalue weighted by Gasteiger charge is -2.35. The number of thiol groups is 1. The van der Waals surface area contributed by atoms with Gasteiger partial charge in [-0.25, -0.2) is 0 Å². The van der Waals surface area contributed by atoms with E-state index in [2.05, 4.69) is 31.4 Å². The number of hydrogen-bond acceptors (Lipinski definition) is 3. The number of carbonyl (C=O) groups excluding carboxylic acids is 1. The minimum Gasteiger partial charge on any atom is -0.340 e. The molecule has 2 atom stereocenters. The van der Waals surface area contributed by atoms with Crippen LogP contribution in [-0.2, 0) is 4.79 Å². The second-order valence-electron chi connectivity index (χ2n) is 5.39. The van der Waals surface area contributed by atoms with E-state index < -0.39 is 0 Å². The van der Waals surface area contributed by atoms with Crippen LogP contribution in [0.2, 0.25) is 0 Å². The van der Waals surface area contributed by atoms with Crippen molar-refractivity contribution >= 4 is 30.3 Å². The molecule has 2 fully saturated rings. The van der Waals surface area contributed by atoms with E-state index in [4.69, 9.17) is 0 Å². The summed E-state index contributed by atoms with van der Waals surface area (Å²) in [5.74, 6) is 1.22. The van der Waals surface area contributed by atoms with Crippen LogP contribution in [0.1, 0.15) is 33.1 Å². The molecule has 2 nitrogen and oxygen atoms in total. The van der Waals surface area contributed by atoms with Crippen LogP contribution in [0, 0.1) is 5.41 Å². The SMILES string of the molecule is CC1CN(C(=O)CC2(CS)CC2)CC(C)S1. The monoisotopic (exact) mass is 259 g/mol. The molecule has 2 aliphatic rings. The lowest BCUT2D eigenvalue weighted by molar-refractivity contribution is -0.132. The number of rotatable bonds is 3. The van der Waals surface area contributed by atoms with E-state index in [1.165, 1.54) is 12.8 Å². The standard InChI is InChI=1S/C12H21NOS2/c1-9-6-13(7-10(2)16-9)11(14)5-12(8-15)3-4-12/h9-10,15H,3-8H2,1-2H3. The van der Waals surface area contributed by atoms with Crippen molar-refractivity contribution in [1.82, 2.24) is 4.90 Å². The molecule has 0 spiro atoms. The van der Waals surface area contributed by atoms with E-state index in [1.54, 1.807) is 0 Å². The first-order chi connectivity index (χ1) is 7.54. The average Bonchev–Trinajstić information content (AvgIpc) is 2.97. The van der Waals surface area contributed by atoms with Crippen molar-refractivity contribution in [1.29, 1.82) is 0 Å². The van der Waals surface area contributed by atoms with Crippen molar-refractivity contribution in [3.63, 3.8) is 0 Å². The zero-order chi connectivity index (χ0) is 11.8. The van der Waals surface area contributed by atoms with Crippen LogP contribution in [0.5, 0.6) is 0 Å². The van der Waals surface area contributed by atoms with Crippen LogP contribution >= 0.6 is 24.4 Å². The maximum absolute atomic E-state index is 12.2. The first-order valence-electron chi connectivity index (χ1n) is 6.09. The Hall–Kier alpha value is 0.170. The van der Waals surface area contributed by atoms with E-state index >= 15 is 0 Å². The molecule has 92 valence electrons. The Morgan fingerprint density at radius 2 is 1.94 bits per heavy atom. The highest BCUT2D eigenvalue weighted by atomic mass is 32.2. The minimum atomic E-state index is 0.261. The Morgan fingerprint density at radius 3 is 2.38 bits per heavy atom. The summed E-state index contributed by atoms with van der Waals surface area (Å²) in [6, 6.07) is 0. The van der Waals surface area contributed by atoms with E-state index in [0.29, 0.717) is 16.4 Å². The molecular formula is C12H21NOS2. The summed E-state index contributed by atoms with van der Waals surface area (Å²) < 4.78 is 0. The van der Waals surface area contributed by atoms with Gasteiger partial charge in [-0.3, -0.25) is 4.79 Å². The van der Waals surface area contributed by atoms with Gasteiger partial charge in [0.1, 0.15) is 0 Å². The third kappa shape index (κ3) is 2.89. The predicted molar refractivity (Wildman–Crippen MR) is 73.2 cm³/mol. The van der Waals surface area contributed by atoms with Gasteiger partial charge < -0.3 is 4.90 Å². The molecule has 0 bridgehead atoms. The highest BCUT2D eigenvalue weighted by molar-refractivity contribution is 8.00. The normalized spacial score (nSPS) is 32.6. The van der Waals surface area contributed by atoms with Gasteiger partial charge in [-0.2, -0.15) is 24.4 Å². The first-order valence-corrected chi connectivity index (χ1v) is 7.66. The molecule has 0 radical (unpaired) electrons. The summed E-state index contributed by atoms with van der Waals surface area (Å²) in [6.45, 7) is 6.28. The van der Waals surface area contributed by atoms with Crippen molar-refractivity contribution in [2.45, 2.75) is 43.6 Å². The fourth-order valence-electron chi connectivity index (χ4n) is 2.38. The summed E-state index contributed by atoms with van der Waals surface area (Å²) >= 11 is 6.36. The topological polar surface area (TPSA) is 20.3 Å². The fraction of sp³-hybridized carbons (Fsp3) is 0.917. The van der Waals surface area contributed by atoms with Crippen molar-refractivity contribution < 1.29 is 4.79 Å². The molecule has 0 aromatic carbocycles. The van der Waals surface area contributed by atoms with Crippen molar-refractivity contribution in [2.24, 2.45) is 5.41 Å². The van der Waals surface area contributed by atoms with Gasteiger partial charge >= 0.3 is 0 Å². The second kappa shape index (κ2) is 4.81. The molecule has 16 heavy (non-hydrogen) atoms. The van der Waals surface area contributed by atoms with Gasteiger partial charge in [0, 0.05) is 30.0 Å². The summed E-state index contributed by atoms with van der Waals surface area (Å²) in [5, 5.41) is 1.16. The maximum Gasteiger partial charge on any atom is 0.223 e. The van der Waals surface area contributed by atoms with Gasteiger partial charge in [-0.1, -0.05) is 13.8 Å². The van der Waals surface area contributed by atoms with E-state index in [0.717, 1.165) is 25.3 Å². The van der Waals surface area contributed by atoms with E-state index in [-0.39, 0.29) is 5.41 Å². The first kappa shape index (κ1) is 12.6. The maximum atomic E-state index is 12.2. The van der Waals surface area contributed by atoms with Crippen LogP contribution in [0.25, 0.3) is 0 Å². The van der Waals surface area contributed by atoms with Gasteiger partial charge in [0.2, 0.25) is 5.91 Å². The molecular weight excluding hydrogens is 238 g/mol. The van der Waals surface area contributed by atoms with Gasteiger partial charge in [0.25, 0.3) is 0 Å². The molecule has 4 heteroatoms. The zero-order valence-electron chi connectivity index (χ0n) is 10.1. The van der Waals surface area contributed by atoms with E-state index in [9.17, 15) is 4.79 Å². The van der Waals surface area contributed by atoms with Gasteiger partial charge in [0.15, 0.2) is 0 Å². The van der Waals surface area contributed by atoms with Crippen molar-refractivity contribution in [3.05, 3.63) is 0 Å². The van der Waals surface area contributed by atoms with E-state index in [1.807, 2.05) is 11.8 Å². The molecule has 2 unspecified atom stereocenters. The molecule has 1 saturated heterocycles. The highest BCUT2D eigenvalue weighted by Gasteiger charge is 2.44. The quantitative estimate of drug-likeness (QED) is 0.786. The third-order valence-electron chi connectivity index (χ3n) is 3.59. The number of amides is 1. The minimum absolute atomic E-state index is 0.261. The Morgan fingerprint density at radius 1 is 1.38 bits per heavy atom. The molecule has 1 saturated carbocycles. The predicted octanol–water partition coefficient (Wildman–Crippen LogP) is 2.44. The smallest absolute Gasteiger partial charge is 0.223 e. The summed E-state index contributed by atoms with van der Waals surface area (Å²) in [5.41, 5.74) is 0.261. The van der Waals surface area contributed by atoms with Crippen LogP contribution in [0.15, 0.2) is 0 Å². The Bertz CT molecular complexity index is 268. The van der Waals surface area contributed by atoms with Gasteiger partial charge in [-0.15, -0.1) is 0 Å². The Labute approximate surface area is 108 Å². The lowest BCUT2D eigenvalue weighted by Crippen LogP contribution is -2.44. The van der Waals surface area contributed by atoms with Crippen LogP contribution in [0.4, 0.5) is 0 Å². The highest BCUT2D eigenvalue weighted by Crippen LogP contribution is 2.50. The molecule has 0 aromatic rings. The summed E-state index contributed by atoms with van der Waals surface area (Å²) in [6.07, 6.45) is 3.10. The Kier molecular flexibility index (Phi) is 3.79. The van der Waals surface area contributed by atoms with Crippen molar-refractivity contribution in [3.8, 4) is 0 Å². The zero-order valence-corrected chi connectivity index (χ0v) is 11.8. The molecule has 1 heterocycles. The third-order valence-corrected chi connectivity index (χ3v) is 5.49. The van der Waals surface area contributed by atoms with Gasteiger partial charge in [0.05, 0.1) is 0 Å². The molecule has 0 aromatic heterocycles.